The molecule has 0 saturated heterocycles. The van der Waals surface area contributed by atoms with E-state index in [1.54, 1.807) is 18.0 Å². The zero-order valence-electron chi connectivity index (χ0n) is 12.8. The summed E-state index contributed by atoms with van der Waals surface area (Å²) in [6.07, 6.45) is 7.81. The van der Waals surface area contributed by atoms with E-state index in [-0.39, 0.29) is 5.91 Å². The maximum absolute atomic E-state index is 11.8. The molecule has 0 aliphatic heterocycles. The number of nitrogens with zero attached hydrogens (tertiary/aromatic N) is 2. The van der Waals surface area contributed by atoms with Gasteiger partial charge < -0.3 is 9.74 Å². The van der Waals surface area contributed by atoms with Crippen LogP contribution in [0.4, 0.5) is 0 Å². The van der Waals surface area contributed by atoms with E-state index >= 15 is 0 Å². The van der Waals surface area contributed by atoms with Crippen molar-refractivity contribution >= 4 is 17.7 Å². The van der Waals surface area contributed by atoms with Crippen molar-refractivity contribution in [2.75, 3.05) is 20.7 Å². The highest BCUT2D eigenvalue weighted by molar-refractivity contribution is 6.08. The molecule has 0 spiro atoms. The molecule has 0 unspecified atom stereocenters. The predicted octanol–water partition coefficient (Wildman–Crippen LogP) is 3.13. The van der Waals surface area contributed by atoms with Crippen LogP contribution in [0.25, 0.3) is 6.08 Å². The maximum Gasteiger partial charge on any atom is 0.246 e. The van der Waals surface area contributed by atoms with Gasteiger partial charge in [-0.15, -0.1) is 0 Å². The predicted molar refractivity (Wildman–Crippen MR) is 87.0 cm³/mol. The Morgan fingerprint density at radius 1 is 1.24 bits per heavy atom. The molecule has 0 bridgehead atoms. The van der Waals surface area contributed by atoms with Gasteiger partial charge in [0.2, 0.25) is 5.91 Å². The van der Waals surface area contributed by atoms with Crippen LogP contribution in [-0.4, -0.2) is 37.2 Å². The van der Waals surface area contributed by atoms with Gasteiger partial charge in [0.15, 0.2) is 0 Å². The molecule has 112 valence electrons. The molecule has 1 aromatic carbocycles. The summed E-state index contributed by atoms with van der Waals surface area (Å²) in [6.45, 7) is 2.77. The molecule has 0 radical (unpaired) electrons. The monoisotopic (exact) mass is 286 g/mol. The second-order valence-electron chi connectivity index (χ2n) is 4.54. The summed E-state index contributed by atoms with van der Waals surface area (Å²) in [4.78, 5) is 18.3. The highest BCUT2D eigenvalue weighted by atomic mass is 16.6. The molecular formula is C17H22N2O2. The van der Waals surface area contributed by atoms with Gasteiger partial charge in [-0.3, -0.25) is 4.79 Å². The fourth-order valence-corrected chi connectivity index (χ4v) is 1.70. The van der Waals surface area contributed by atoms with E-state index in [1.807, 2.05) is 49.4 Å². The summed E-state index contributed by atoms with van der Waals surface area (Å²) in [6, 6.07) is 9.87. The van der Waals surface area contributed by atoms with Crippen LogP contribution in [-0.2, 0) is 9.63 Å². The average Bonchev–Trinajstić information content (AvgIpc) is 2.51. The van der Waals surface area contributed by atoms with Crippen LogP contribution in [0.1, 0.15) is 18.9 Å². The number of hydrogen-bond donors (Lipinski definition) is 0. The van der Waals surface area contributed by atoms with Gasteiger partial charge in [-0.25, -0.2) is 0 Å². The van der Waals surface area contributed by atoms with Crippen LogP contribution in [0.5, 0.6) is 0 Å². The van der Waals surface area contributed by atoms with Gasteiger partial charge >= 0.3 is 0 Å². The minimum Gasteiger partial charge on any atom is -0.399 e. The highest BCUT2D eigenvalue weighted by Gasteiger charge is 2.02. The van der Waals surface area contributed by atoms with Crippen molar-refractivity contribution < 1.29 is 9.63 Å². The largest absolute Gasteiger partial charge is 0.399 e. The summed E-state index contributed by atoms with van der Waals surface area (Å²) < 4.78 is 0. The third kappa shape index (κ3) is 6.56. The van der Waals surface area contributed by atoms with E-state index in [0.717, 1.165) is 18.5 Å². The highest BCUT2D eigenvalue weighted by Crippen LogP contribution is 2.02. The SMILES string of the molecule is CCCN(C)C(=O)C=CC(C=Cc1ccccc1)=NOC. The molecule has 1 aromatic rings. The molecule has 1 amide bonds. The fourth-order valence-electron chi connectivity index (χ4n) is 1.70. The Balaban J connectivity index is 2.73. The van der Waals surface area contributed by atoms with Gasteiger partial charge in [-0.05, 0) is 24.1 Å². The lowest BCUT2D eigenvalue weighted by molar-refractivity contribution is -0.124. The lowest BCUT2D eigenvalue weighted by atomic mass is 10.2. The van der Waals surface area contributed by atoms with E-state index in [9.17, 15) is 4.79 Å². The Labute approximate surface area is 126 Å². The van der Waals surface area contributed by atoms with Gasteiger partial charge in [0, 0.05) is 19.7 Å². The summed E-state index contributed by atoms with van der Waals surface area (Å²) >= 11 is 0. The minimum atomic E-state index is -0.0474. The normalized spacial score (nSPS) is 12.0. The van der Waals surface area contributed by atoms with E-state index < -0.39 is 0 Å². The molecule has 4 heteroatoms. The topological polar surface area (TPSA) is 41.9 Å². The van der Waals surface area contributed by atoms with Crippen molar-refractivity contribution in [1.82, 2.24) is 4.90 Å². The fraction of sp³-hybridized carbons (Fsp3) is 0.294. The number of allylic oxidation sites excluding steroid dienone is 2. The van der Waals surface area contributed by atoms with Gasteiger partial charge in [0.05, 0.1) is 0 Å². The van der Waals surface area contributed by atoms with E-state index in [4.69, 9.17) is 4.84 Å². The first-order chi connectivity index (χ1) is 10.2. The lowest BCUT2D eigenvalue weighted by Gasteiger charge is -2.12. The third-order valence-electron chi connectivity index (χ3n) is 2.77. The molecule has 0 fully saturated rings. The number of oxime groups is 1. The summed E-state index contributed by atoms with van der Waals surface area (Å²) in [5.41, 5.74) is 1.64. The lowest BCUT2D eigenvalue weighted by Crippen LogP contribution is -2.25. The van der Waals surface area contributed by atoms with Crippen molar-refractivity contribution in [3.8, 4) is 0 Å². The molecule has 0 aliphatic rings. The second-order valence-corrected chi connectivity index (χ2v) is 4.54. The zero-order chi connectivity index (χ0) is 15.5. The van der Waals surface area contributed by atoms with Gasteiger partial charge in [-0.2, -0.15) is 0 Å². The van der Waals surface area contributed by atoms with Gasteiger partial charge in [0.25, 0.3) is 0 Å². The Bertz CT molecular complexity index is 519. The van der Waals surface area contributed by atoms with Crippen LogP contribution < -0.4 is 0 Å². The first-order valence-electron chi connectivity index (χ1n) is 6.94. The Kier molecular flexibility index (Phi) is 7.58. The molecule has 0 aromatic heterocycles. The van der Waals surface area contributed by atoms with E-state index in [1.165, 1.54) is 13.2 Å². The number of carbonyl (C=O) groups excluding carboxylic acids is 1. The number of amides is 1. The van der Waals surface area contributed by atoms with Crippen molar-refractivity contribution in [3.05, 3.63) is 54.1 Å². The van der Waals surface area contributed by atoms with Crippen LogP contribution in [0.2, 0.25) is 0 Å². The number of hydrogen-bond acceptors (Lipinski definition) is 3. The van der Waals surface area contributed by atoms with E-state index in [2.05, 4.69) is 5.16 Å². The quantitative estimate of drug-likeness (QED) is 0.439. The molecule has 4 nitrogen and oxygen atoms in total. The molecule has 0 heterocycles. The molecule has 0 aliphatic carbocycles. The summed E-state index contributed by atoms with van der Waals surface area (Å²) in [5.74, 6) is -0.0474. The van der Waals surface area contributed by atoms with Gasteiger partial charge in [-0.1, -0.05) is 48.5 Å². The van der Waals surface area contributed by atoms with Crippen LogP contribution >= 0.6 is 0 Å². The van der Waals surface area contributed by atoms with Crippen LogP contribution in [0, 0.1) is 0 Å². The molecule has 21 heavy (non-hydrogen) atoms. The zero-order valence-corrected chi connectivity index (χ0v) is 12.8. The van der Waals surface area contributed by atoms with Crippen LogP contribution in [0.15, 0.2) is 53.7 Å². The number of likely N-dealkylation sites (N-methyl/N-ethyl adjacent to an activating group) is 1. The Morgan fingerprint density at radius 2 is 1.95 bits per heavy atom. The van der Waals surface area contributed by atoms with Crippen molar-refractivity contribution in [3.63, 3.8) is 0 Å². The standard InChI is InChI=1S/C17H22N2O2/c1-4-14-19(2)17(20)13-12-16(18-21-3)11-10-15-8-6-5-7-9-15/h5-13H,4,14H2,1-3H3. The number of rotatable bonds is 7. The van der Waals surface area contributed by atoms with Crippen LogP contribution in [0.3, 0.4) is 0 Å². The maximum atomic E-state index is 11.8. The first kappa shape index (κ1) is 16.7. The molecule has 1 rings (SSSR count). The van der Waals surface area contributed by atoms with E-state index in [0.29, 0.717) is 5.71 Å². The number of carbonyl (C=O) groups is 1. The molecule has 0 atom stereocenters. The Morgan fingerprint density at radius 3 is 2.57 bits per heavy atom. The number of benzene rings is 1. The van der Waals surface area contributed by atoms with Crippen molar-refractivity contribution in [1.29, 1.82) is 0 Å². The minimum absolute atomic E-state index is 0.0474. The van der Waals surface area contributed by atoms with Crippen molar-refractivity contribution in [2.24, 2.45) is 5.16 Å². The van der Waals surface area contributed by atoms with Gasteiger partial charge in [0.1, 0.15) is 12.8 Å². The smallest absolute Gasteiger partial charge is 0.246 e. The summed E-state index contributed by atoms with van der Waals surface area (Å²) in [5, 5.41) is 3.89. The van der Waals surface area contributed by atoms with Crippen molar-refractivity contribution in [2.45, 2.75) is 13.3 Å². The Hall–Kier alpha value is -2.36. The first-order valence-corrected chi connectivity index (χ1v) is 6.94. The molecule has 0 saturated carbocycles. The molecule has 0 N–H and O–H groups in total. The average molecular weight is 286 g/mol. The molecular weight excluding hydrogens is 264 g/mol. The second kappa shape index (κ2) is 9.53. The third-order valence-corrected chi connectivity index (χ3v) is 2.77. The summed E-state index contributed by atoms with van der Waals surface area (Å²) in [7, 11) is 3.26.